The van der Waals surface area contributed by atoms with Crippen molar-refractivity contribution in [2.24, 2.45) is 0 Å². The largest absolute Gasteiger partial charge is 0.573 e. The van der Waals surface area contributed by atoms with E-state index in [1.54, 1.807) is 24.3 Å². The van der Waals surface area contributed by atoms with E-state index in [1.807, 2.05) is 0 Å². The zero-order chi connectivity index (χ0) is 18.7. The highest BCUT2D eigenvalue weighted by molar-refractivity contribution is 5.83. The normalized spacial score (nSPS) is 11.2. The van der Waals surface area contributed by atoms with Gasteiger partial charge in [-0.25, -0.2) is 14.5 Å². The number of nitrogens with zero attached hydrogens (tertiary/aromatic N) is 3. The highest BCUT2D eigenvalue weighted by atomic mass is 19.4. The van der Waals surface area contributed by atoms with Gasteiger partial charge in [-0.1, -0.05) is 0 Å². The molecule has 134 valence electrons. The van der Waals surface area contributed by atoms with E-state index in [1.165, 1.54) is 35.3 Å². The molecule has 2 aromatic carbocycles. The molecule has 0 aliphatic heterocycles. The number of aromatic nitrogens is 3. The molecule has 3 rings (SSSR count). The molecule has 0 saturated carbocycles. The van der Waals surface area contributed by atoms with E-state index < -0.39 is 12.5 Å². The van der Waals surface area contributed by atoms with Gasteiger partial charge in [0.1, 0.15) is 12.1 Å². The maximum atomic E-state index is 12.2. The average Bonchev–Trinajstić information content (AvgIpc) is 3.04. The lowest BCUT2D eigenvalue weighted by atomic mass is 10.2. The summed E-state index contributed by atoms with van der Waals surface area (Å²) < 4.78 is 41.7. The van der Waals surface area contributed by atoms with Gasteiger partial charge >= 0.3 is 12.5 Å². The monoisotopic (exact) mass is 364 g/mol. The SMILES string of the molecule is O=C(O)Nc1ccc(-c2ncn(-c3ccc(OC(F)(F)F)cc3)n2)cc1. The van der Waals surface area contributed by atoms with Crippen molar-refractivity contribution in [3.05, 3.63) is 54.9 Å². The van der Waals surface area contributed by atoms with Gasteiger partial charge in [-0.15, -0.1) is 18.3 Å². The Morgan fingerprint density at radius 1 is 1.08 bits per heavy atom. The fraction of sp³-hybridized carbons (Fsp3) is 0.0625. The van der Waals surface area contributed by atoms with Crippen molar-refractivity contribution in [1.82, 2.24) is 14.8 Å². The Balaban J connectivity index is 1.76. The summed E-state index contributed by atoms with van der Waals surface area (Å²) >= 11 is 0. The second kappa shape index (κ2) is 6.75. The van der Waals surface area contributed by atoms with E-state index in [9.17, 15) is 18.0 Å². The summed E-state index contributed by atoms with van der Waals surface area (Å²) in [6, 6.07) is 11.6. The summed E-state index contributed by atoms with van der Waals surface area (Å²) in [5, 5.41) is 15.1. The van der Waals surface area contributed by atoms with Gasteiger partial charge in [0.2, 0.25) is 0 Å². The maximum Gasteiger partial charge on any atom is 0.573 e. The predicted octanol–water partition coefficient (Wildman–Crippen LogP) is 3.92. The van der Waals surface area contributed by atoms with Crippen LogP contribution < -0.4 is 10.1 Å². The smallest absolute Gasteiger partial charge is 0.465 e. The van der Waals surface area contributed by atoms with Gasteiger partial charge in [0, 0.05) is 11.3 Å². The third kappa shape index (κ3) is 4.29. The molecule has 7 nitrogen and oxygen atoms in total. The van der Waals surface area contributed by atoms with Crippen LogP contribution in [0.2, 0.25) is 0 Å². The van der Waals surface area contributed by atoms with Crippen LogP contribution in [0, 0.1) is 0 Å². The van der Waals surface area contributed by atoms with E-state index in [4.69, 9.17) is 5.11 Å². The summed E-state index contributed by atoms with van der Waals surface area (Å²) in [4.78, 5) is 14.7. The van der Waals surface area contributed by atoms with Crippen LogP contribution in [0.5, 0.6) is 5.75 Å². The molecule has 0 spiro atoms. The van der Waals surface area contributed by atoms with Crippen molar-refractivity contribution < 1.29 is 27.8 Å². The quantitative estimate of drug-likeness (QED) is 0.732. The number of hydrogen-bond donors (Lipinski definition) is 2. The number of carbonyl (C=O) groups is 1. The van der Waals surface area contributed by atoms with E-state index >= 15 is 0 Å². The minimum Gasteiger partial charge on any atom is -0.465 e. The van der Waals surface area contributed by atoms with E-state index in [0.717, 1.165) is 0 Å². The van der Waals surface area contributed by atoms with Crippen molar-refractivity contribution in [1.29, 1.82) is 0 Å². The number of amides is 1. The Bertz CT molecular complexity index is 906. The van der Waals surface area contributed by atoms with Crippen molar-refractivity contribution in [2.75, 3.05) is 5.32 Å². The summed E-state index contributed by atoms with van der Waals surface area (Å²) in [6.07, 6.45) is -4.50. The molecule has 3 aromatic rings. The second-order valence-corrected chi connectivity index (χ2v) is 5.06. The molecule has 0 saturated heterocycles. The number of benzene rings is 2. The topological polar surface area (TPSA) is 89.3 Å². The Morgan fingerprint density at radius 3 is 2.31 bits per heavy atom. The maximum absolute atomic E-state index is 12.2. The molecule has 1 aromatic heterocycles. The lowest BCUT2D eigenvalue weighted by Crippen LogP contribution is -2.17. The fourth-order valence-corrected chi connectivity index (χ4v) is 2.15. The molecule has 0 atom stereocenters. The molecule has 1 heterocycles. The van der Waals surface area contributed by atoms with E-state index in [2.05, 4.69) is 20.1 Å². The Labute approximate surface area is 144 Å². The highest BCUT2D eigenvalue weighted by Crippen LogP contribution is 2.24. The van der Waals surface area contributed by atoms with Gasteiger partial charge in [-0.3, -0.25) is 5.32 Å². The van der Waals surface area contributed by atoms with Crippen LogP contribution in [-0.4, -0.2) is 32.3 Å². The van der Waals surface area contributed by atoms with Gasteiger partial charge in [0.25, 0.3) is 0 Å². The third-order valence-corrected chi connectivity index (χ3v) is 3.22. The summed E-state index contributed by atoms with van der Waals surface area (Å²) in [7, 11) is 0. The van der Waals surface area contributed by atoms with Crippen LogP contribution in [0.15, 0.2) is 54.9 Å². The first-order valence-corrected chi connectivity index (χ1v) is 7.18. The van der Waals surface area contributed by atoms with Gasteiger partial charge in [0.05, 0.1) is 5.69 Å². The van der Waals surface area contributed by atoms with Crippen molar-refractivity contribution in [3.8, 4) is 22.8 Å². The molecule has 0 fully saturated rings. The van der Waals surface area contributed by atoms with Crippen LogP contribution in [0.4, 0.5) is 23.7 Å². The first-order valence-electron chi connectivity index (χ1n) is 7.18. The van der Waals surface area contributed by atoms with Gasteiger partial charge in [-0.2, -0.15) is 0 Å². The van der Waals surface area contributed by atoms with Crippen molar-refractivity contribution in [2.45, 2.75) is 6.36 Å². The molecule has 0 aliphatic carbocycles. The fourth-order valence-electron chi connectivity index (χ4n) is 2.15. The molecule has 0 unspecified atom stereocenters. The number of halogens is 3. The van der Waals surface area contributed by atoms with Crippen LogP contribution >= 0.6 is 0 Å². The van der Waals surface area contributed by atoms with Crippen LogP contribution in [0.1, 0.15) is 0 Å². The number of carboxylic acid groups (broad SMARTS) is 1. The summed E-state index contributed by atoms with van der Waals surface area (Å²) in [6.45, 7) is 0. The van der Waals surface area contributed by atoms with Gasteiger partial charge in [-0.05, 0) is 48.5 Å². The second-order valence-electron chi connectivity index (χ2n) is 5.06. The van der Waals surface area contributed by atoms with E-state index in [0.29, 0.717) is 22.8 Å². The first-order chi connectivity index (χ1) is 12.3. The lowest BCUT2D eigenvalue weighted by molar-refractivity contribution is -0.274. The third-order valence-electron chi connectivity index (χ3n) is 3.22. The zero-order valence-corrected chi connectivity index (χ0v) is 12.9. The van der Waals surface area contributed by atoms with Crippen LogP contribution in [0.25, 0.3) is 17.1 Å². The number of anilines is 1. The molecule has 10 heteroatoms. The van der Waals surface area contributed by atoms with E-state index in [-0.39, 0.29) is 5.75 Å². The number of nitrogens with one attached hydrogen (secondary N) is 1. The number of rotatable bonds is 4. The molecule has 0 aliphatic rings. The minimum absolute atomic E-state index is 0.330. The summed E-state index contributed by atoms with van der Waals surface area (Å²) in [5.41, 5.74) is 1.56. The minimum atomic E-state index is -4.75. The Kier molecular flexibility index (Phi) is 4.48. The number of hydrogen-bond acceptors (Lipinski definition) is 4. The van der Waals surface area contributed by atoms with Gasteiger partial charge < -0.3 is 9.84 Å². The average molecular weight is 364 g/mol. The molecular formula is C16H11F3N4O3. The van der Waals surface area contributed by atoms with Crippen molar-refractivity contribution >= 4 is 11.8 Å². The molecule has 0 radical (unpaired) electrons. The predicted molar refractivity (Wildman–Crippen MR) is 85.1 cm³/mol. The Hall–Kier alpha value is -3.56. The standard InChI is InChI=1S/C16H11F3N4O3/c17-16(18,19)26-13-7-5-12(6-8-13)23-9-20-14(22-23)10-1-3-11(4-2-10)21-15(24)25/h1-9,21H,(H,24,25). The first kappa shape index (κ1) is 17.3. The molecule has 0 bridgehead atoms. The van der Waals surface area contributed by atoms with Gasteiger partial charge in [0.15, 0.2) is 5.82 Å². The molecular weight excluding hydrogens is 353 g/mol. The molecule has 1 amide bonds. The van der Waals surface area contributed by atoms with Crippen LogP contribution in [0.3, 0.4) is 0 Å². The Morgan fingerprint density at radius 2 is 1.73 bits per heavy atom. The molecule has 26 heavy (non-hydrogen) atoms. The highest BCUT2D eigenvalue weighted by Gasteiger charge is 2.30. The number of ether oxygens (including phenoxy) is 1. The lowest BCUT2D eigenvalue weighted by Gasteiger charge is -2.09. The number of alkyl halides is 3. The van der Waals surface area contributed by atoms with Crippen molar-refractivity contribution in [3.63, 3.8) is 0 Å². The molecule has 2 N–H and O–H groups in total. The van der Waals surface area contributed by atoms with Crippen LogP contribution in [-0.2, 0) is 0 Å². The summed E-state index contributed by atoms with van der Waals surface area (Å²) in [5.74, 6) is 0.0469. The zero-order valence-electron chi connectivity index (χ0n) is 12.9.